The van der Waals surface area contributed by atoms with Crippen molar-refractivity contribution >= 4 is 51.4 Å². The number of non-ortho nitro benzene ring substituents is 1. The van der Waals surface area contributed by atoms with Crippen molar-refractivity contribution in [3.05, 3.63) is 68.1 Å². The summed E-state index contributed by atoms with van der Waals surface area (Å²) in [6.07, 6.45) is 0. The Morgan fingerprint density at radius 3 is 2.71 bits per heavy atom. The summed E-state index contributed by atoms with van der Waals surface area (Å²) in [5, 5.41) is 14.2. The van der Waals surface area contributed by atoms with Gasteiger partial charge >= 0.3 is 0 Å². The molecule has 144 valence electrons. The third-order valence-electron chi connectivity index (χ3n) is 3.76. The summed E-state index contributed by atoms with van der Waals surface area (Å²) in [6, 6.07) is 7.80. The molecular formula is C18H12Cl2FN3O4. The summed E-state index contributed by atoms with van der Waals surface area (Å²) in [6.45, 7) is 1.25. The van der Waals surface area contributed by atoms with Crippen molar-refractivity contribution in [3.8, 4) is 5.75 Å². The quantitative estimate of drug-likeness (QED) is 0.464. The first-order chi connectivity index (χ1) is 13.3. The van der Waals surface area contributed by atoms with E-state index >= 15 is 0 Å². The Labute approximate surface area is 168 Å². The number of anilines is 1. The number of benzene rings is 2. The minimum Gasteiger partial charge on any atom is -0.480 e. The lowest BCUT2D eigenvalue weighted by Gasteiger charge is -2.12. The number of aryl methyl sites for hydroxylation is 1. The number of nitro benzene ring substituents is 1. The van der Waals surface area contributed by atoms with Gasteiger partial charge in [0.25, 0.3) is 11.6 Å². The number of rotatable bonds is 5. The predicted molar refractivity (Wildman–Crippen MR) is 104 cm³/mol. The summed E-state index contributed by atoms with van der Waals surface area (Å²) in [5.74, 6) is -1.39. The summed E-state index contributed by atoms with van der Waals surface area (Å²) >= 11 is 12.3. The van der Waals surface area contributed by atoms with Gasteiger partial charge in [-0.3, -0.25) is 14.9 Å². The van der Waals surface area contributed by atoms with Gasteiger partial charge < -0.3 is 10.1 Å². The molecule has 0 saturated heterocycles. The summed E-state index contributed by atoms with van der Waals surface area (Å²) in [5.41, 5.74) is 0.387. The van der Waals surface area contributed by atoms with Crippen molar-refractivity contribution < 1.29 is 18.8 Å². The van der Waals surface area contributed by atoms with E-state index in [9.17, 15) is 19.3 Å². The fourth-order valence-electron chi connectivity index (χ4n) is 2.47. The van der Waals surface area contributed by atoms with Gasteiger partial charge in [0.2, 0.25) is 0 Å². The molecule has 2 aromatic carbocycles. The van der Waals surface area contributed by atoms with Gasteiger partial charge in [0.05, 0.1) is 20.7 Å². The Morgan fingerprint density at radius 1 is 1.25 bits per heavy atom. The minimum absolute atomic E-state index is 0.152. The number of amides is 1. The molecule has 0 fully saturated rings. The van der Waals surface area contributed by atoms with Gasteiger partial charge in [0.15, 0.2) is 12.4 Å². The van der Waals surface area contributed by atoms with Crippen molar-refractivity contribution in [3.63, 3.8) is 0 Å². The van der Waals surface area contributed by atoms with Crippen LogP contribution < -0.4 is 10.1 Å². The van der Waals surface area contributed by atoms with E-state index in [1.807, 2.05) is 0 Å². The highest BCUT2D eigenvalue weighted by atomic mass is 35.5. The summed E-state index contributed by atoms with van der Waals surface area (Å²) in [7, 11) is 0. The Balaban J connectivity index is 1.81. The fraction of sp³-hybridized carbons (Fsp3) is 0.111. The monoisotopic (exact) mass is 423 g/mol. The van der Waals surface area contributed by atoms with E-state index in [4.69, 9.17) is 27.9 Å². The molecule has 0 atom stereocenters. The number of nitro groups is 1. The molecule has 0 aliphatic heterocycles. The molecule has 0 aliphatic carbocycles. The van der Waals surface area contributed by atoms with E-state index in [0.717, 1.165) is 18.2 Å². The van der Waals surface area contributed by atoms with Crippen LogP contribution in [0.25, 0.3) is 10.9 Å². The fourth-order valence-corrected chi connectivity index (χ4v) is 3.04. The molecule has 28 heavy (non-hydrogen) atoms. The number of carbonyl (C=O) groups is 1. The molecule has 1 amide bonds. The van der Waals surface area contributed by atoms with Crippen LogP contribution >= 0.6 is 23.2 Å². The van der Waals surface area contributed by atoms with Crippen molar-refractivity contribution in [1.82, 2.24) is 4.98 Å². The second-order valence-electron chi connectivity index (χ2n) is 5.78. The minimum atomic E-state index is -0.814. The van der Waals surface area contributed by atoms with Crippen molar-refractivity contribution in [2.24, 2.45) is 0 Å². The molecule has 0 radical (unpaired) electrons. The molecular weight excluding hydrogens is 412 g/mol. The topological polar surface area (TPSA) is 94.4 Å². The lowest BCUT2D eigenvalue weighted by Crippen LogP contribution is -2.21. The van der Waals surface area contributed by atoms with Crippen LogP contribution in [0.15, 0.2) is 36.4 Å². The van der Waals surface area contributed by atoms with E-state index in [1.54, 1.807) is 19.1 Å². The molecule has 10 heteroatoms. The number of carbonyl (C=O) groups excluding carboxylic acids is 1. The van der Waals surface area contributed by atoms with Gasteiger partial charge in [-0.2, -0.15) is 0 Å². The van der Waals surface area contributed by atoms with Gasteiger partial charge in [0, 0.05) is 23.2 Å². The van der Waals surface area contributed by atoms with E-state index in [-0.39, 0.29) is 22.1 Å². The van der Waals surface area contributed by atoms with E-state index in [2.05, 4.69) is 10.3 Å². The molecule has 0 unspecified atom stereocenters. The van der Waals surface area contributed by atoms with Crippen LogP contribution in [0.4, 0.5) is 15.8 Å². The SMILES string of the molecule is Cc1ccc2c(Cl)cc(Cl)c(OCC(=O)Nc3cc([N+](=O)[O-])ccc3F)c2n1. The molecule has 3 rings (SSSR count). The lowest BCUT2D eigenvalue weighted by molar-refractivity contribution is -0.384. The van der Waals surface area contributed by atoms with Crippen LogP contribution in [0, 0.1) is 22.9 Å². The van der Waals surface area contributed by atoms with Crippen LogP contribution in [0.1, 0.15) is 5.69 Å². The standard InChI is InChI=1S/C18H12Cl2FN3O4/c1-9-2-4-11-12(19)7-13(20)18(17(11)22-9)28-8-16(25)23-15-6-10(24(26)27)3-5-14(15)21/h2-7H,8H2,1H3,(H,23,25). The summed E-state index contributed by atoms with van der Waals surface area (Å²) < 4.78 is 19.3. The van der Waals surface area contributed by atoms with Gasteiger partial charge in [-0.1, -0.05) is 23.2 Å². The number of fused-ring (bicyclic) bond motifs is 1. The normalized spacial score (nSPS) is 10.7. The van der Waals surface area contributed by atoms with Crippen LogP contribution in [-0.4, -0.2) is 22.4 Å². The van der Waals surface area contributed by atoms with Crippen molar-refractivity contribution in [2.45, 2.75) is 6.92 Å². The average Bonchev–Trinajstić information content (AvgIpc) is 2.62. The first kappa shape index (κ1) is 19.8. The third-order valence-corrected chi connectivity index (χ3v) is 4.35. The third kappa shape index (κ3) is 4.13. The molecule has 0 aliphatic rings. The maximum absolute atomic E-state index is 13.8. The zero-order chi connectivity index (χ0) is 20.4. The van der Waals surface area contributed by atoms with Crippen LogP contribution in [-0.2, 0) is 4.79 Å². The molecule has 1 heterocycles. The lowest BCUT2D eigenvalue weighted by atomic mass is 10.2. The van der Waals surface area contributed by atoms with Crippen molar-refractivity contribution in [2.75, 3.05) is 11.9 Å². The second-order valence-corrected chi connectivity index (χ2v) is 6.59. The smallest absolute Gasteiger partial charge is 0.271 e. The molecule has 0 saturated carbocycles. The largest absolute Gasteiger partial charge is 0.480 e. The Bertz CT molecular complexity index is 1110. The van der Waals surface area contributed by atoms with Crippen LogP contribution in [0.3, 0.4) is 0 Å². The number of ether oxygens (including phenoxy) is 1. The van der Waals surface area contributed by atoms with Crippen LogP contribution in [0.2, 0.25) is 10.0 Å². The molecule has 1 aromatic heterocycles. The first-order valence-corrected chi connectivity index (χ1v) is 8.64. The van der Waals surface area contributed by atoms with E-state index < -0.39 is 23.3 Å². The van der Waals surface area contributed by atoms with Gasteiger partial charge in [-0.05, 0) is 31.2 Å². The van der Waals surface area contributed by atoms with E-state index in [0.29, 0.717) is 21.6 Å². The van der Waals surface area contributed by atoms with Gasteiger partial charge in [0.1, 0.15) is 11.3 Å². The van der Waals surface area contributed by atoms with Crippen LogP contribution in [0.5, 0.6) is 5.75 Å². The second kappa shape index (κ2) is 7.95. The number of aromatic nitrogens is 1. The van der Waals surface area contributed by atoms with Gasteiger partial charge in [-0.15, -0.1) is 0 Å². The van der Waals surface area contributed by atoms with E-state index in [1.165, 1.54) is 6.07 Å². The number of hydrogen-bond donors (Lipinski definition) is 1. The maximum atomic E-state index is 13.8. The zero-order valence-corrected chi connectivity index (χ0v) is 15.8. The first-order valence-electron chi connectivity index (χ1n) is 7.88. The Kier molecular flexibility index (Phi) is 5.62. The predicted octanol–water partition coefficient (Wildman–Crippen LogP) is 4.91. The maximum Gasteiger partial charge on any atom is 0.271 e. The van der Waals surface area contributed by atoms with Gasteiger partial charge in [-0.25, -0.2) is 9.37 Å². The number of nitrogens with zero attached hydrogens (tertiary/aromatic N) is 2. The van der Waals surface area contributed by atoms with Crippen molar-refractivity contribution in [1.29, 1.82) is 0 Å². The molecule has 1 N–H and O–H groups in total. The highest BCUT2D eigenvalue weighted by Gasteiger charge is 2.17. The number of nitrogens with one attached hydrogen (secondary N) is 1. The number of hydrogen-bond acceptors (Lipinski definition) is 5. The number of pyridine rings is 1. The molecule has 3 aromatic rings. The molecule has 0 bridgehead atoms. The Morgan fingerprint density at radius 2 is 2.00 bits per heavy atom. The zero-order valence-electron chi connectivity index (χ0n) is 14.3. The molecule has 7 nitrogen and oxygen atoms in total. The molecule has 0 spiro atoms. The highest BCUT2D eigenvalue weighted by Crippen LogP contribution is 2.37. The number of halogens is 3. The average molecular weight is 424 g/mol. The highest BCUT2D eigenvalue weighted by molar-refractivity contribution is 6.39. The summed E-state index contributed by atoms with van der Waals surface area (Å²) in [4.78, 5) is 26.6. The Hall–Kier alpha value is -2.97.